The minimum absolute atomic E-state index is 0.280. The molecule has 0 aromatic heterocycles. The van der Waals surface area contributed by atoms with Crippen LogP contribution in [0.5, 0.6) is 5.75 Å². The molecule has 2 rings (SSSR count). The minimum atomic E-state index is -0.561. The molecular weight excluding hydrogens is 208 g/mol. The van der Waals surface area contributed by atoms with Crippen molar-refractivity contribution in [2.24, 2.45) is 0 Å². The number of benzene rings is 1. The highest BCUT2D eigenvalue weighted by atomic mass is 16.7. The number of aliphatic hydroxyl groups excluding tert-OH is 1. The molecule has 1 N–H and O–H groups in total. The Kier molecular flexibility index (Phi) is 3.77. The first-order valence-electron chi connectivity index (χ1n) is 5.35. The maximum Gasteiger partial charge on any atom is 0.160 e. The maximum atomic E-state index is 9.94. The first kappa shape index (κ1) is 11.4. The topological polar surface area (TPSA) is 47.9 Å². The van der Waals surface area contributed by atoms with Crippen molar-refractivity contribution in [2.75, 3.05) is 20.3 Å². The predicted molar refractivity (Wildman–Crippen MR) is 58.3 cm³/mol. The zero-order valence-corrected chi connectivity index (χ0v) is 9.26. The summed E-state index contributed by atoms with van der Waals surface area (Å²) in [7, 11) is 1.62. The molecule has 1 aromatic carbocycles. The van der Waals surface area contributed by atoms with Crippen molar-refractivity contribution in [3.8, 4) is 5.75 Å². The van der Waals surface area contributed by atoms with Crippen molar-refractivity contribution in [2.45, 2.75) is 18.8 Å². The molecule has 88 valence electrons. The van der Waals surface area contributed by atoms with Gasteiger partial charge in [-0.1, -0.05) is 12.1 Å². The molecule has 0 saturated carbocycles. The molecule has 1 unspecified atom stereocenters. The Bertz CT molecular complexity index is 316. The molecule has 1 fully saturated rings. The number of hydrogen-bond donors (Lipinski definition) is 1. The lowest BCUT2D eigenvalue weighted by Gasteiger charge is -2.15. The van der Waals surface area contributed by atoms with Crippen LogP contribution in [0, 0.1) is 0 Å². The van der Waals surface area contributed by atoms with E-state index in [0.29, 0.717) is 19.6 Å². The van der Waals surface area contributed by atoms with Crippen LogP contribution in [0.25, 0.3) is 0 Å². The van der Waals surface area contributed by atoms with Crippen molar-refractivity contribution in [1.29, 1.82) is 0 Å². The van der Waals surface area contributed by atoms with E-state index in [9.17, 15) is 5.11 Å². The molecule has 1 saturated heterocycles. The second-order valence-corrected chi connectivity index (χ2v) is 3.70. The van der Waals surface area contributed by atoms with Crippen LogP contribution in [0.1, 0.15) is 18.1 Å². The van der Waals surface area contributed by atoms with Gasteiger partial charge in [0.05, 0.1) is 26.4 Å². The molecule has 0 radical (unpaired) electrons. The Morgan fingerprint density at radius 3 is 2.50 bits per heavy atom. The molecule has 4 nitrogen and oxygen atoms in total. The van der Waals surface area contributed by atoms with Gasteiger partial charge in [0.2, 0.25) is 0 Å². The van der Waals surface area contributed by atoms with E-state index < -0.39 is 6.10 Å². The van der Waals surface area contributed by atoms with E-state index in [2.05, 4.69) is 0 Å². The average molecular weight is 224 g/mol. The van der Waals surface area contributed by atoms with Crippen LogP contribution in [-0.2, 0) is 9.47 Å². The van der Waals surface area contributed by atoms with Gasteiger partial charge in [-0.05, 0) is 17.7 Å². The SMILES string of the molecule is COc1ccc(C(O)CC2OCCO2)cc1. The number of hydrogen-bond acceptors (Lipinski definition) is 4. The summed E-state index contributed by atoms with van der Waals surface area (Å²) in [6.45, 7) is 1.22. The summed E-state index contributed by atoms with van der Waals surface area (Å²) in [4.78, 5) is 0. The first-order chi connectivity index (χ1) is 7.79. The van der Waals surface area contributed by atoms with E-state index >= 15 is 0 Å². The third-order valence-electron chi connectivity index (χ3n) is 2.61. The molecule has 1 atom stereocenters. The molecule has 4 heteroatoms. The largest absolute Gasteiger partial charge is 0.497 e. The maximum absolute atomic E-state index is 9.94. The van der Waals surface area contributed by atoms with Crippen LogP contribution < -0.4 is 4.74 Å². The Hall–Kier alpha value is -1.10. The molecular formula is C12H16O4. The van der Waals surface area contributed by atoms with Gasteiger partial charge in [-0.3, -0.25) is 0 Å². The van der Waals surface area contributed by atoms with Gasteiger partial charge in [-0.25, -0.2) is 0 Å². The summed E-state index contributed by atoms with van der Waals surface area (Å²) in [5.74, 6) is 0.782. The second kappa shape index (κ2) is 5.30. The van der Waals surface area contributed by atoms with Gasteiger partial charge < -0.3 is 19.3 Å². The third-order valence-corrected chi connectivity index (χ3v) is 2.61. The fraction of sp³-hybridized carbons (Fsp3) is 0.500. The summed E-state index contributed by atoms with van der Waals surface area (Å²) in [6, 6.07) is 7.35. The van der Waals surface area contributed by atoms with Gasteiger partial charge in [0, 0.05) is 6.42 Å². The number of aliphatic hydroxyl groups is 1. The fourth-order valence-electron chi connectivity index (χ4n) is 1.69. The van der Waals surface area contributed by atoms with Crippen LogP contribution in [0.3, 0.4) is 0 Å². The second-order valence-electron chi connectivity index (χ2n) is 3.70. The van der Waals surface area contributed by atoms with Crippen molar-refractivity contribution < 1.29 is 19.3 Å². The van der Waals surface area contributed by atoms with Crippen molar-refractivity contribution in [1.82, 2.24) is 0 Å². The Morgan fingerprint density at radius 1 is 1.31 bits per heavy atom. The molecule has 0 spiro atoms. The molecule has 1 heterocycles. The summed E-state index contributed by atoms with van der Waals surface area (Å²) in [5, 5.41) is 9.94. The van der Waals surface area contributed by atoms with E-state index in [1.54, 1.807) is 7.11 Å². The lowest BCUT2D eigenvalue weighted by molar-refractivity contribution is -0.0707. The van der Waals surface area contributed by atoms with E-state index in [1.165, 1.54) is 0 Å². The van der Waals surface area contributed by atoms with Gasteiger partial charge in [0.15, 0.2) is 6.29 Å². The lowest BCUT2D eigenvalue weighted by Crippen LogP contribution is -2.13. The Balaban J connectivity index is 1.94. The van der Waals surface area contributed by atoms with Gasteiger partial charge in [0.25, 0.3) is 0 Å². The fourth-order valence-corrected chi connectivity index (χ4v) is 1.69. The van der Waals surface area contributed by atoms with Crippen LogP contribution in [0.4, 0.5) is 0 Å². The minimum Gasteiger partial charge on any atom is -0.497 e. The zero-order valence-electron chi connectivity index (χ0n) is 9.26. The van der Waals surface area contributed by atoms with E-state index in [1.807, 2.05) is 24.3 Å². The van der Waals surface area contributed by atoms with Gasteiger partial charge in [0.1, 0.15) is 5.75 Å². The van der Waals surface area contributed by atoms with E-state index in [0.717, 1.165) is 11.3 Å². The Labute approximate surface area is 94.8 Å². The number of ether oxygens (including phenoxy) is 3. The number of methoxy groups -OCH3 is 1. The molecule has 1 aliphatic heterocycles. The van der Waals surface area contributed by atoms with E-state index in [4.69, 9.17) is 14.2 Å². The quantitative estimate of drug-likeness (QED) is 0.841. The van der Waals surface area contributed by atoms with Crippen LogP contribution in [-0.4, -0.2) is 31.7 Å². The van der Waals surface area contributed by atoms with Crippen LogP contribution in [0.2, 0.25) is 0 Å². The van der Waals surface area contributed by atoms with E-state index in [-0.39, 0.29) is 6.29 Å². The monoisotopic (exact) mass is 224 g/mol. The van der Waals surface area contributed by atoms with Gasteiger partial charge in [-0.2, -0.15) is 0 Å². The highest BCUT2D eigenvalue weighted by molar-refractivity contribution is 5.28. The molecule has 16 heavy (non-hydrogen) atoms. The van der Waals surface area contributed by atoms with Crippen molar-refractivity contribution in [3.63, 3.8) is 0 Å². The van der Waals surface area contributed by atoms with Crippen molar-refractivity contribution in [3.05, 3.63) is 29.8 Å². The molecule has 0 amide bonds. The van der Waals surface area contributed by atoms with Gasteiger partial charge >= 0.3 is 0 Å². The van der Waals surface area contributed by atoms with Gasteiger partial charge in [-0.15, -0.1) is 0 Å². The number of rotatable bonds is 4. The summed E-state index contributed by atoms with van der Waals surface area (Å²) < 4.78 is 15.6. The normalized spacial score (nSPS) is 18.6. The van der Waals surface area contributed by atoms with Crippen molar-refractivity contribution >= 4 is 0 Å². The summed E-state index contributed by atoms with van der Waals surface area (Å²) >= 11 is 0. The molecule has 1 aliphatic rings. The molecule has 0 bridgehead atoms. The smallest absolute Gasteiger partial charge is 0.160 e. The standard InChI is InChI=1S/C12H16O4/c1-14-10-4-2-9(3-5-10)11(13)8-12-15-6-7-16-12/h2-5,11-13H,6-8H2,1H3. The molecule has 0 aliphatic carbocycles. The predicted octanol–water partition coefficient (Wildman–Crippen LogP) is 1.49. The summed E-state index contributed by atoms with van der Waals surface area (Å²) in [5.41, 5.74) is 0.847. The average Bonchev–Trinajstić information content (AvgIpc) is 2.82. The van der Waals surface area contributed by atoms with Crippen LogP contribution in [0.15, 0.2) is 24.3 Å². The highest BCUT2D eigenvalue weighted by Crippen LogP contribution is 2.23. The van der Waals surface area contributed by atoms with Crippen LogP contribution >= 0.6 is 0 Å². The zero-order chi connectivity index (χ0) is 11.4. The first-order valence-corrected chi connectivity index (χ1v) is 5.35. The third kappa shape index (κ3) is 2.72. The highest BCUT2D eigenvalue weighted by Gasteiger charge is 2.20. The Morgan fingerprint density at radius 2 is 1.94 bits per heavy atom. The lowest BCUT2D eigenvalue weighted by atomic mass is 10.1. The molecule has 1 aromatic rings. The summed E-state index contributed by atoms with van der Waals surface area (Å²) in [6.07, 6.45) is -0.377.